The summed E-state index contributed by atoms with van der Waals surface area (Å²) >= 11 is 0. The van der Waals surface area contributed by atoms with Gasteiger partial charge >= 0.3 is 5.97 Å². The summed E-state index contributed by atoms with van der Waals surface area (Å²) in [5.74, 6) is 0.802. The average molecular weight is 342 g/mol. The number of carbonyl (C=O) groups is 2. The Morgan fingerprint density at radius 3 is 1.92 bits per heavy atom. The van der Waals surface area contributed by atoms with E-state index >= 15 is 0 Å². The predicted molar refractivity (Wildman–Crippen MR) is 94.2 cm³/mol. The molecule has 0 heterocycles. The van der Waals surface area contributed by atoms with Gasteiger partial charge in [-0.15, -0.1) is 0 Å². The number of esters is 1. The largest absolute Gasteiger partial charge is 0.497 e. The van der Waals surface area contributed by atoms with Crippen LogP contribution in [0.3, 0.4) is 0 Å². The standard InChI is InChI=1S/C20H22O5/c1-14(20(22)16-7-11-18(24-3)12-8-16)25-19(21)13-6-15-4-9-17(23-2)10-5-15/h4-5,7-12,14H,6,13H2,1-3H3/t14-/m1/s1. The number of benzene rings is 2. The molecule has 2 aromatic rings. The van der Waals surface area contributed by atoms with E-state index in [2.05, 4.69) is 0 Å². The highest BCUT2D eigenvalue weighted by Crippen LogP contribution is 2.15. The van der Waals surface area contributed by atoms with Crippen molar-refractivity contribution in [2.24, 2.45) is 0 Å². The molecule has 2 rings (SSSR count). The summed E-state index contributed by atoms with van der Waals surface area (Å²) in [6.45, 7) is 1.58. The van der Waals surface area contributed by atoms with Crippen molar-refractivity contribution < 1.29 is 23.8 Å². The minimum Gasteiger partial charge on any atom is -0.497 e. The molecule has 0 spiro atoms. The fraction of sp³-hybridized carbons (Fsp3) is 0.300. The Morgan fingerprint density at radius 1 is 0.880 bits per heavy atom. The van der Waals surface area contributed by atoms with E-state index in [0.29, 0.717) is 17.7 Å². The van der Waals surface area contributed by atoms with Crippen LogP contribution < -0.4 is 9.47 Å². The summed E-state index contributed by atoms with van der Waals surface area (Å²) in [4.78, 5) is 24.3. The van der Waals surface area contributed by atoms with Crippen molar-refractivity contribution in [1.29, 1.82) is 0 Å². The van der Waals surface area contributed by atoms with Crippen molar-refractivity contribution in [2.45, 2.75) is 25.9 Å². The second-order valence-corrected chi connectivity index (χ2v) is 5.57. The van der Waals surface area contributed by atoms with Gasteiger partial charge in [-0.05, 0) is 55.3 Å². The van der Waals surface area contributed by atoms with Crippen LogP contribution in [0.2, 0.25) is 0 Å². The molecule has 0 aliphatic heterocycles. The molecule has 25 heavy (non-hydrogen) atoms. The number of hydrogen-bond acceptors (Lipinski definition) is 5. The lowest BCUT2D eigenvalue weighted by atomic mass is 10.1. The molecule has 132 valence electrons. The Morgan fingerprint density at radius 2 is 1.40 bits per heavy atom. The van der Waals surface area contributed by atoms with E-state index in [1.54, 1.807) is 45.4 Å². The molecule has 0 aliphatic rings. The molecule has 0 aromatic heterocycles. The highest BCUT2D eigenvalue weighted by molar-refractivity contribution is 6.00. The van der Waals surface area contributed by atoms with Gasteiger partial charge in [-0.1, -0.05) is 12.1 Å². The topological polar surface area (TPSA) is 61.8 Å². The van der Waals surface area contributed by atoms with Gasteiger partial charge in [0, 0.05) is 12.0 Å². The Balaban J connectivity index is 1.84. The first kappa shape index (κ1) is 18.5. The summed E-state index contributed by atoms with van der Waals surface area (Å²) < 4.78 is 15.4. The lowest BCUT2D eigenvalue weighted by Crippen LogP contribution is -2.24. The van der Waals surface area contributed by atoms with Crippen molar-refractivity contribution in [3.05, 3.63) is 59.7 Å². The van der Waals surface area contributed by atoms with Gasteiger partial charge in [0.05, 0.1) is 14.2 Å². The van der Waals surface area contributed by atoms with Gasteiger partial charge in [-0.25, -0.2) is 0 Å². The quantitative estimate of drug-likeness (QED) is 0.543. The van der Waals surface area contributed by atoms with Crippen LogP contribution in [-0.4, -0.2) is 32.1 Å². The molecule has 5 nitrogen and oxygen atoms in total. The molecule has 0 amide bonds. The molecule has 2 aromatic carbocycles. The zero-order chi connectivity index (χ0) is 18.2. The average Bonchev–Trinajstić information content (AvgIpc) is 2.66. The third-order valence-electron chi connectivity index (χ3n) is 3.83. The molecule has 0 fully saturated rings. The third-order valence-corrected chi connectivity index (χ3v) is 3.83. The SMILES string of the molecule is COc1ccc(CCC(=O)O[C@H](C)C(=O)c2ccc(OC)cc2)cc1. The number of carbonyl (C=O) groups excluding carboxylic acids is 2. The summed E-state index contributed by atoms with van der Waals surface area (Å²) in [5.41, 5.74) is 1.49. The van der Waals surface area contributed by atoms with Gasteiger partial charge in [-0.2, -0.15) is 0 Å². The van der Waals surface area contributed by atoms with Gasteiger partial charge in [-0.3, -0.25) is 9.59 Å². The van der Waals surface area contributed by atoms with Crippen LogP contribution in [0.5, 0.6) is 11.5 Å². The third kappa shape index (κ3) is 5.35. The molecule has 0 saturated carbocycles. The molecule has 0 radical (unpaired) electrons. The van der Waals surface area contributed by atoms with Crippen LogP contribution in [0, 0.1) is 0 Å². The van der Waals surface area contributed by atoms with Gasteiger partial charge in [0.1, 0.15) is 11.5 Å². The van der Waals surface area contributed by atoms with Crippen molar-refractivity contribution >= 4 is 11.8 Å². The predicted octanol–water partition coefficient (Wildman–Crippen LogP) is 3.45. The molecule has 0 N–H and O–H groups in total. The molecule has 0 unspecified atom stereocenters. The van der Waals surface area contributed by atoms with Gasteiger partial charge in [0.25, 0.3) is 0 Å². The maximum Gasteiger partial charge on any atom is 0.306 e. The van der Waals surface area contributed by atoms with Crippen LogP contribution in [0.4, 0.5) is 0 Å². The van der Waals surface area contributed by atoms with Gasteiger partial charge < -0.3 is 14.2 Å². The van der Waals surface area contributed by atoms with E-state index in [1.807, 2.05) is 24.3 Å². The minimum atomic E-state index is -0.822. The lowest BCUT2D eigenvalue weighted by Gasteiger charge is -2.13. The Hall–Kier alpha value is -2.82. The normalized spacial score (nSPS) is 11.5. The van der Waals surface area contributed by atoms with Crippen molar-refractivity contribution in [3.8, 4) is 11.5 Å². The zero-order valence-corrected chi connectivity index (χ0v) is 14.7. The number of methoxy groups -OCH3 is 2. The van der Waals surface area contributed by atoms with E-state index in [9.17, 15) is 9.59 Å². The number of aryl methyl sites for hydroxylation is 1. The molecule has 5 heteroatoms. The highest BCUT2D eigenvalue weighted by Gasteiger charge is 2.19. The van der Waals surface area contributed by atoms with E-state index in [-0.39, 0.29) is 12.2 Å². The van der Waals surface area contributed by atoms with Crippen molar-refractivity contribution in [2.75, 3.05) is 14.2 Å². The summed E-state index contributed by atoms with van der Waals surface area (Å²) in [6.07, 6.45) is -0.0597. The van der Waals surface area contributed by atoms with Gasteiger partial charge in [0.15, 0.2) is 6.10 Å². The van der Waals surface area contributed by atoms with E-state index in [4.69, 9.17) is 14.2 Å². The molecular formula is C20H22O5. The number of hydrogen-bond donors (Lipinski definition) is 0. The van der Waals surface area contributed by atoms with Gasteiger partial charge in [0.2, 0.25) is 5.78 Å². The smallest absolute Gasteiger partial charge is 0.306 e. The van der Waals surface area contributed by atoms with Crippen LogP contribution in [0.15, 0.2) is 48.5 Å². The fourth-order valence-electron chi connectivity index (χ4n) is 2.34. The van der Waals surface area contributed by atoms with Crippen molar-refractivity contribution in [3.63, 3.8) is 0 Å². The first-order valence-corrected chi connectivity index (χ1v) is 8.04. The number of Topliss-reactive ketones (excluding diaryl/α,β-unsaturated/α-hetero) is 1. The molecule has 0 aliphatic carbocycles. The summed E-state index contributed by atoms with van der Waals surface area (Å²) in [7, 11) is 3.16. The first-order chi connectivity index (χ1) is 12.0. The van der Waals surface area contributed by atoms with Crippen LogP contribution >= 0.6 is 0 Å². The molecule has 0 bridgehead atoms. The fourth-order valence-corrected chi connectivity index (χ4v) is 2.34. The molecule has 1 atom stereocenters. The summed E-state index contributed by atoms with van der Waals surface area (Å²) in [5, 5.41) is 0. The Labute approximate surface area is 147 Å². The molecule has 0 saturated heterocycles. The number of ether oxygens (including phenoxy) is 3. The van der Waals surface area contributed by atoms with Crippen LogP contribution in [0.1, 0.15) is 29.3 Å². The first-order valence-electron chi connectivity index (χ1n) is 8.04. The maximum absolute atomic E-state index is 12.3. The number of ketones is 1. The van der Waals surface area contributed by atoms with Crippen LogP contribution in [-0.2, 0) is 16.0 Å². The number of rotatable bonds is 8. The minimum absolute atomic E-state index is 0.215. The molecular weight excluding hydrogens is 320 g/mol. The second kappa shape index (κ2) is 8.87. The van der Waals surface area contributed by atoms with E-state index in [1.165, 1.54) is 0 Å². The summed E-state index contributed by atoms with van der Waals surface area (Å²) in [6, 6.07) is 14.2. The highest BCUT2D eigenvalue weighted by atomic mass is 16.5. The monoisotopic (exact) mass is 342 g/mol. The lowest BCUT2D eigenvalue weighted by molar-refractivity contribution is -0.146. The Bertz CT molecular complexity index is 704. The maximum atomic E-state index is 12.3. The van der Waals surface area contributed by atoms with Crippen molar-refractivity contribution in [1.82, 2.24) is 0 Å². The van der Waals surface area contributed by atoms with E-state index in [0.717, 1.165) is 11.3 Å². The van der Waals surface area contributed by atoms with Crippen LogP contribution in [0.25, 0.3) is 0 Å². The Kier molecular flexibility index (Phi) is 6.57. The zero-order valence-electron chi connectivity index (χ0n) is 14.7. The van der Waals surface area contributed by atoms with E-state index < -0.39 is 12.1 Å². The second-order valence-electron chi connectivity index (χ2n) is 5.57.